The Morgan fingerprint density at radius 3 is 2.47 bits per heavy atom. The minimum absolute atomic E-state index is 0.0221. The highest BCUT2D eigenvalue weighted by atomic mass is 16.2. The molecule has 9 heteroatoms. The molecule has 2 saturated carbocycles. The maximum absolute atomic E-state index is 14.4. The third-order valence-electron chi connectivity index (χ3n) is 9.80. The Balaban J connectivity index is 1.31. The molecule has 2 aromatic rings. The number of aromatic nitrogens is 3. The number of pyridine rings is 1. The van der Waals surface area contributed by atoms with Crippen molar-refractivity contribution >= 4 is 23.3 Å². The second-order valence-corrected chi connectivity index (χ2v) is 11.8. The highest BCUT2D eigenvalue weighted by Crippen LogP contribution is 2.65. The van der Waals surface area contributed by atoms with E-state index in [1.54, 1.807) is 24.0 Å². The van der Waals surface area contributed by atoms with Crippen LogP contribution in [0.2, 0.25) is 0 Å². The van der Waals surface area contributed by atoms with Gasteiger partial charge >= 0.3 is 5.91 Å². The smallest absolute Gasteiger partial charge is 0.341 e. The van der Waals surface area contributed by atoms with E-state index < -0.39 is 6.04 Å². The molecular formula is C27H38N7O2+. The van der Waals surface area contributed by atoms with Gasteiger partial charge in [0.15, 0.2) is 5.69 Å². The Hall–Kier alpha value is -2.78. The summed E-state index contributed by atoms with van der Waals surface area (Å²) in [6.07, 6.45) is 8.00. The molecule has 2 aromatic heterocycles. The zero-order chi connectivity index (χ0) is 25.2. The topological polar surface area (TPSA) is 83.4 Å². The van der Waals surface area contributed by atoms with Crippen LogP contribution < -0.4 is 14.7 Å². The van der Waals surface area contributed by atoms with Gasteiger partial charge in [0.2, 0.25) is 0 Å². The van der Waals surface area contributed by atoms with E-state index >= 15 is 0 Å². The first kappa shape index (κ1) is 23.6. The van der Waals surface area contributed by atoms with Crippen LogP contribution in [0.3, 0.4) is 0 Å². The third-order valence-corrected chi connectivity index (χ3v) is 9.80. The lowest BCUT2D eigenvalue weighted by Gasteiger charge is -2.49. The maximum Gasteiger partial charge on any atom is 0.341 e. The highest BCUT2D eigenvalue weighted by Gasteiger charge is 2.75. The number of piperazine rings is 1. The molecule has 2 amide bonds. The molecule has 0 aromatic carbocycles. The number of fused-ring (bicyclic) bond motifs is 1. The number of carbonyl (C=O) groups excluding carboxylic acids is 2. The molecule has 9 nitrogen and oxygen atoms in total. The van der Waals surface area contributed by atoms with Crippen molar-refractivity contribution in [3.63, 3.8) is 0 Å². The van der Waals surface area contributed by atoms with E-state index in [0.29, 0.717) is 11.6 Å². The van der Waals surface area contributed by atoms with E-state index in [-0.39, 0.29) is 33.7 Å². The molecule has 4 unspecified atom stereocenters. The van der Waals surface area contributed by atoms with E-state index in [0.717, 1.165) is 56.9 Å². The number of quaternary nitrogens is 1. The lowest BCUT2D eigenvalue weighted by molar-refractivity contribution is -0.140. The zero-order valence-corrected chi connectivity index (χ0v) is 21.9. The summed E-state index contributed by atoms with van der Waals surface area (Å²) >= 11 is 0. The molecule has 4 aliphatic rings. The minimum atomic E-state index is -0.524. The summed E-state index contributed by atoms with van der Waals surface area (Å²) in [6, 6.07) is 5.55. The second-order valence-electron chi connectivity index (χ2n) is 11.8. The van der Waals surface area contributed by atoms with Gasteiger partial charge < -0.3 is 15.1 Å². The summed E-state index contributed by atoms with van der Waals surface area (Å²) in [5.74, 6) is 1.49. The number of anilines is 1. The molecule has 0 spiro atoms. The first-order chi connectivity index (χ1) is 17.2. The van der Waals surface area contributed by atoms with Crippen molar-refractivity contribution in [3.8, 4) is 0 Å². The van der Waals surface area contributed by atoms with E-state index in [1.165, 1.54) is 6.42 Å². The van der Waals surface area contributed by atoms with Crippen LogP contribution in [-0.4, -0.2) is 83.8 Å². The Morgan fingerprint density at radius 2 is 1.89 bits per heavy atom. The summed E-state index contributed by atoms with van der Waals surface area (Å²) in [7, 11) is 5.94. The van der Waals surface area contributed by atoms with E-state index in [1.807, 2.05) is 13.2 Å². The largest absolute Gasteiger partial charge is 0.354 e. The molecule has 2 aliphatic heterocycles. The van der Waals surface area contributed by atoms with Crippen molar-refractivity contribution in [1.29, 1.82) is 0 Å². The monoisotopic (exact) mass is 492 g/mol. The molecule has 1 N–H and O–H groups in total. The first-order valence-corrected chi connectivity index (χ1v) is 13.3. The number of hydrogen-bond donors (Lipinski definition) is 1. The summed E-state index contributed by atoms with van der Waals surface area (Å²) < 4.78 is 1.77. The van der Waals surface area contributed by atoms with Crippen LogP contribution in [0.1, 0.15) is 43.1 Å². The van der Waals surface area contributed by atoms with Crippen molar-refractivity contribution in [1.82, 2.24) is 29.5 Å². The zero-order valence-electron chi connectivity index (χ0n) is 21.9. The van der Waals surface area contributed by atoms with Crippen LogP contribution in [-0.2, 0) is 11.8 Å². The maximum atomic E-state index is 14.4. The number of likely N-dealkylation sites (N-methyl/N-ethyl adjacent to an activating group) is 2. The van der Waals surface area contributed by atoms with Gasteiger partial charge in [-0.25, -0.2) is 14.3 Å². The molecule has 0 bridgehead atoms. The summed E-state index contributed by atoms with van der Waals surface area (Å²) in [6.45, 7) is 6.30. The highest BCUT2D eigenvalue weighted by molar-refractivity contribution is 6.01. The predicted molar refractivity (Wildman–Crippen MR) is 138 cm³/mol. The number of nitrogens with zero attached hydrogens (tertiary/aromatic N) is 6. The Bertz CT molecular complexity index is 1170. The number of amides is 2. The number of carbonyl (C=O) groups is 2. The average Bonchev–Trinajstić information content (AvgIpc) is 3.37. The SMILES string of the molecule is CN1CCN(c2ccc([N+]3(C)C(=O)[C@@H](NC(=O)c4ccnn4C)C(C4CCC4)C4(C)CC43)cn2)CC1. The lowest BCUT2D eigenvalue weighted by Crippen LogP contribution is -2.69. The van der Waals surface area contributed by atoms with Crippen molar-refractivity contribution in [2.75, 3.05) is 45.2 Å². The average molecular weight is 493 g/mol. The van der Waals surface area contributed by atoms with Crippen molar-refractivity contribution in [3.05, 3.63) is 36.3 Å². The fourth-order valence-corrected chi connectivity index (χ4v) is 7.22. The first-order valence-electron chi connectivity index (χ1n) is 13.3. The fraction of sp³-hybridized carbons (Fsp3) is 0.630. The van der Waals surface area contributed by atoms with Gasteiger partial charge in [0.05, 0.1) is 13.2 Å². The standard InChI is InChI=1S/C27H37N7O2/c1-27-16-21(27)34(4,19-8-9-22(28-17-19)33-14-12-31(2)13-15-33)26(36)24(23(27)18-6-5-7-18)30-25(35)20-10-11-29-32(20)3/h8-11,17-18,21,23-24H,5-7,12-16H2,1-4H3/p+1/t21?,23?,24-,27?,34?/m0/s1. The lowest BCUT2D eigenvalue weighted by atomic mass is 9.64. The van der Waals surface area contributed by atoms with Gasteiger partial charge in [-0.05, 0) is 25.1 Å². The van der Waals surface area contributed by atoms with Crippen LogP contribution in [0.5, 0.6) is 0 Å². The molecule has 36 heavy (non-hydrogen) atoms. The number of likely N-dealkylation sites (tertiary alicyclic amines) is 1. The van der Waals surface area contributed by atoms with Gasteiger partial charge in [-0.2, -0.15) is 5.10 Å². The minimum Gasteiger partial charge on any atom is -0.354 e. The van der Waals surface area contributed by atoms with Gasteiger partial charge in [-0.15, -0.1) is 0 Å². The Labute approximate surface area is 213 Å². The van der Waals surface area contributed by atoms with Crippen LogP contribution in [0.4, 0.5) is 11.5 Å². The molecular weight excluding hydrogens is 454 g/mol. The molecule has 4 fully saturated rings. The second kappa shape index (κ2) is 8.38. The summed E-state index contributed by atoms with van der Waals surface area (Å²) in [5.41, 5.74) is 1.41. The van der Waals surface area contributed by atoms with Gasteiger partial charge in [-0.1, -0.05) is 26.2 Å². The van der Waals surface area contributed by atoms with Crippen LogP contribution in [0.15, 0.2) is 30.6 Å². The molecule has 192 valence electrons. The van der Waals surface area contributed by atoms with Gasteiger partial charge in [0, 0.05) is 63.2 Å². The molecule has 4 heterocycles. The van der Waals surface area contributed by atoms with Gasteiger partial charge in [0.25, 0.3) is 5.91 Å². The molecule has 5 atom stereocenters. The molecule has 0 radical (unpaired) electrons. The number of nitrogens with one attached hydrogen (secondary N) is 1. The number of rotatable bonds is 5. The van der Waals surface area contributed by atoms with E-state index in [4.69, 9.17) is 4.98 Å². The van der Waals surface area contributed by atoms with Crippen LogP contribution >= 0.6 is 0 Å². The van der Waals surface area contributed by atoms with Crippen LogP contribution in [0, 0.1) is 17.3 Å². The Kier molecular flexibility index (Phi) is 5.50. The summed E-state index contributed by atoms with van der Waals surface area (Å²) in [4.78, 5) is 37.1. The van der Waals surface area contributed by atoms with Crippen molar-refractivity contribution in [2.45, 2.75) is 44.7 Å². The third kappa shape index (κ3) is 3.50. The summed E-state index contributed by atoms with van der Waals surface area (Å²) in [5, 5.41) is 7.33. The fourth-order valence-electron chi connectivity index (χ4n) is 7.22. The van der Waals surface area contributed by atoms with Gasteiger partial charge in [-0.3, -0.25) is 9.48 Å². The van der Waals surface area contributed by atoms with Crippen molar-refractivity contribution in [2.24, 2.45) is 24.3 Å². The predicted octanol–water partition coefficient (Wildman–Crippen LogP) is 2.04. The number of aryl methyl sites for hydroxylation is 1. The molecule has 6 rings (SSSR count). The molecule has 2 saturated heterocycles. The van der Waals surface area contributed by atoms with E-state index in [2.05, 4.69) is 46.3 Å². The van der Waals surface area contributed by atoms with Crippen molar-refractivity contribution < 1.29 is 9.59 Å². The Morgan fingerprint density at radius 1 is 1.14 bits per heavy atom. The normalized spacial score (nSPS) is 34.7. The van der Waals surface area contributed by atoms with Gasteiger partial charge in [0.1, 0.15) is 23.6 Å². The number of hydrogen-bond acceptors (Lipinski definition) is 6. The quantitative estimate of drug-likeness (QED) is 0.644. The van der Waals surface area contributed by atoms with Crippen LogP contribution in [0.25, 0.3) is 0 Å². The molecule has 2 aliphatic carbocycles. The van der Waals surface area contributed by atoms with E-state index in [9.17, 15) is 9.59 Å². The number of piperidine rings is 1.